The largest absolute Gasteiger partial charge is 0.383 e. The first-order valence-corrected chi connectivity index (χ1v) is 6.11. The molecule has 0 aromatic carbocycles. The highest BCUT2D eigenvalue weighted by atomic mass is 15.2. The second-order valence-corrected chi connectivity index (χ2v) is 5.51. The Bertz CT molecular complexity index is 382. The lowest BCUT2D eigenvalue weighted by molar-refractivity contribution is 0.325. The summed E-state index contributed by atoms with van der Waals surface area (Å²) in [5.41, 5.74) is 11.7. The fourth-order valence-corrected chi connectivity index (χ4v) is 2.29. The van der Waals surface area contributed by atoms with Gasteiger partial charge in [-0.3, -0.25) is 0 Å². The first-order valence-electron chi connectivity index (χ1n) is 6.11. The maximum absolute atomic E-state index is 5.70. The lowest BCUT2D eigenvalue weighted by Gasteiger charge is -2.24. The zero-order valence-electron chi connectivity index (χ0n) is 10.6. The van der Waals surface area contributed by atoms with Crippen LogP contribution >= 0.6 is 0 Å². The molecule has 0 amide bonds. The Morgan fingerprint density at radius 2 is 1.94 bits per heavy atom. The van der Waals surface area contributed by atoms with Crippen LogP contribution in [0.3, 0.4) is 0 Å². The molecular weight excluding hydrogens is 214 g/mol. The second kappa shape index (κ2) is 4.39. The Kier molecular flexibility index (Phi) is 3.09. The predicted octanol–water partition coefficient (Wildman–Crippen LogP) is 1.66. The molecule has 0 unspecified atom stereocenters. The van der Waals surface area contributed by atoms with Crippen LogP contribution in [0.4, 0.5) is 17.6 Å². The van der Waals surface area contributed by atoms with Gasteiger partial charge < -0.3 is 16.4 Å². The van der Waals surface area contributed by atoms with E-state index in [9.17, 15) is 0 Å². The van der Waals surface area contributed by atoms with Gasteiger partial charge in [-0.2, -0.15) is 9.97 Å². The average molecular weight is 235 g/mol. The third kappa shape index (κ3) is 2.99. The predicted molar refractivity (Wildman–Crippen MR) is 70.7 cm³/mol. The quantitative estimate of drug-likeness (QED) is 0.773. The number of nitrogen functional groups attached to an aromatic ring is 2. The number of anilines is 3. The number of nitrogens with zero attached hydrogens (tertiary/aromatic N) is 3. The zero-order chi connectivity index (χ0) is 12.5. The van der Waals surface area contributed by atoms with E-state index in [0.717, 1.165) is 25.3 Å². The second-order valence-electron chi connectivity index (χ2n) is 5.51. The molecule has 0 bridgehead atoms. The van der Waals surface area contributed by atoms with Crippen molar-refractivity contribution in [3.63, 3.8) is 0 Å². The van der Waals surface area contributed by atoms with E-state index in [-0.39, 0.29) is 5.95 Å². The van der Waals surface area contributed by atoms with Crippen LogP contribution in [0.5, 0.6) is 0 Å². The van der Waals surface area contributed by atoms with Crippen LogP contribution in [0.25, 0.3) is 0 Å². The van der Waals surface area contributed by atoms with Gasteiger partial charge in [-0.05, 0) is 24.7 Å². The molecule has 94 valence electrons. The van der Waals surface area contributed by atoms with Crippen molar-refractivity contribution < 1.29 is 0 Å². The number of aromatic nitrogens is 2. The van der Waals surface area contributed by atoms with Crippen molar-refractivity contribution in [2.45, 2.75) is 33.1 Å². The van der Waals surface area contributed by atoms with Gasteiger partial charge in [0.05, 0.1) is 0 Å². The van der Waals surface area contributed by atoms with Gasteiger partial charge in [0.2, 0.25) is 5.95 Å². The van der Waals surface area contributed by atoms with Crippen LogP contribution in [-0.2, 0) is 0 Å². The molecule has 1 fully saturated rings. The molecule has 1 aliphatic rings. The molecule has 17 heavy (non-hydrogen) atoms. The number of nitrogens with two attached hydrogens (primary N) is 2. The zero-order valence-corrected chi connectivity index (χ0v) is 10.6. The lowest BCUT2D eigenvalue weighted by atomic mass is 9.85. The minimum absolute atomic E-state index is 0.253. The topological polar surface area (TPSA) is 81.1 Å². The Labute approximate surface area is 102 Å². The molecular formula is C12H21N5. The molecule has 0 aliphatic carbocycles. The van der Waals surface area contributed by atoms with Crippen molar-refractivity contribution >= 4 is 17.6 Å². The molecule has 5 nitrogen and oxygen atoms in total. The number of hydrogen-bond donors (Lipinski definition) is 2. The SMILES string of the molecule is CC1(C)CCCN(c2cc(N)nc(N)n2)CC1. The lowest BCUT2D eigenvalue weighted by Crippen LogP contribution is -2.26. The summed E-state index contributed by atoms with van der Waals surface area (Å²) in [7, 11) is 0. The highest BCUT2D eigenvalue weighted by molar-refractivity contribution is 5.50. The third-order valence-electron chi connectivity index (χ3n) is 3.41. The molecule has 0 atom stereocenters. The van der Waals surface area contributed by atoms with E-state index in [1.807, 2.05) is 0 Å². The Morgan fingerprint density at radius 1 is 1.18 bits per heavy atom. The normalized spacial score (nSPS) is 20.0. The van der Waals surface area contributed by atoms with E-state index in [2.05, 4.69) is 28.7 Å². The maximum atomic E-state index is 5.70. The van der Waals surface area contributed by atoms with Crippen LogP contribution in [0.1, 0.15) is 33.1 Å². The fraction of sp³-hybridized carbons (Fsp3) is 0.667. The summed E-state index contributed by atoms with van der Waals surface area (Å²) in [6.45, 7) is 6.65. The Balaban J connectivity index is 2.17. The molecule has 2 heterocycles. The molecule has 0 spiro atoms. The molecule has 1 saturated heterocycles. The van der Waals surface area contributed by atoms with Crippen molar-refractivity contribution in [1.29, 1.82) is 0 Å². The molecule has 4 N–H and O–H groups in total. The summed E-state index contributed by atoms with van der Waals surface area (Å²) >= 11 is 0. The van der Waals surface area contributed by atoms with Gasteiger partial charge in [0.15, 0.2) is 0 Å². The van der Waals surface area contributed by atoms with Crippen molar-refractivity contribution in [3.05, 3.63) is 6.07 Å². The average Bonchev–Trinajstić information content (AvgIpc) is 2.38. The van der Waals surface area contributed by atoms with Gasteiger partial charge in [0.25, 0.3) is 0 Å². The summed E-state index contributed by atoms with van der Waals surface area (Å²) in [5.74, 6) is 1.55. The fourth-order valence-electron chi connectivity index (χ4n) is 2.29. The number of hydrogen-bond acceptors (Lipinski definition) is 5. The summed E-state index contributed by atoms with van der Waals surface area (Å²) in [6.07, 6.45) is 3.59. The number of rotatable bonds is 1. The standard InChI is InChI=1S/C12H21N5/c1-12(2)4-3-6-17(7-5-12)10-8-9(13)15-11(14)16-10/h8H,3-7H2,1-2H3,(H4,13,14,15,16). The van der Waals surface area contributed by atoms with E-state index in [0.29, 0.717) is 11.2 Å². The van der Waals surface area contributed by atoms with Crippen LogP contribution in [0.15, 0.2) is 6.07 Å². The van der Waals surface area contributed by atoms with Gasteiger partial charge in [0, 0.05) is 19.2 Å². The van der Waals surface area contributed by atoms with Crippen LogP contribution in [0, 0.1) is 5.41 Å². The molecule has 0 radical (unpaired) electrons. The highest BCUT2D eigenvalue weighted by Gasteiger charge is 2.23. The smallest absolute Gasteiger partial charge is 0.223 e. The first kappa shape index (κ1) is 12.0. The molecule has 1 aromatic heterocycles. The van der Waals surface area contributed by atoms with Crippen LogP contribution < -0.4 is 16.4 Å². The van der Waals surface area contributed by atoms with Gasteiger partial charge >= 0.3 is 0 Å². The van der Waals surface area contributed by atoms with Crippen LogP contribution in [-0.4, -0.2) is 23.1 Å². The van der Waals surface area contributed by atoms with Gasteiger partial charge in [0.1, 0.15) is 11.6 Å². The van der Waals surface area contributed by atoms with Crippen molar-refractivity contribution in [1.82, 2.24) is 9.97 Å². The van der Waals surface area contributed by atoms with Crippen molar-refractivity contribution in [2.75, 3.05) is 29.5 Å². The first-order chi connectivity index (χ1) is 7.96. The Hall–Kier alpha value is -1.52. The van der Waals surface area contributed by atoms with E-state index in [1.165, 1.54) is 12.8 Å². The molecule has 1 aliphatic heterocycles. The summed E-state index contributed by atoms with van der Waals surface area (Å²) in [4.78, 5) is 10.4. The minimum atomic E-state index is 0.253. The van der Waals surface area contributed by atoms with E-state index >= 15 is 0 Å². The van der Waals surface area contributed by atoms with Crippen molar-refractivity contribution in [3.8, 4) is 0 Å². The minimum Gasteiger partial charge on any atom is -0.383 e. The summed E-state index contributed by atoms with van der Waals surface area (Å²) in [5, 5.41) is 0. The summed E-state index contributed by atoms with van der Waals surface area (Å²) < 4.78 is 0. The monoisotopic (exact) mass is 235 g/mol. The Morgan fingerprint density at radius 3 is 2.65 bits per heavy atom. The van der Waals surface area contributed by atoms with Gasteiger partial charge in [-0.15, -0.1) is 0 Å². The van der Waals surface area contributed by atoms with Crippen molar-refractivity contribution in [2.24, 2.45) is 5.41 Å². The molecule has 5 heteroatoms. The maximum Gasteiger partial charge on any atom is 0.223 e. The molecule has 2 rings (SSSR count). The van der Waals surface area contributed by atoms with E-state index < -0.39 is 0 Å². The molecule has 1 aromatic rings. The van der Waals surface area contributed by atoms with Gasteiger partial charge in [-0.1, -0.05) is 13.8 Å². The highest BCUT2D eigenvalue weighted by Crippen LogP contribution is 2.31. The van der Waals surface area contributed by atoms with E-state index in [1.54, 1.807) is 6.07 Å². The van der Waals surface area contributed by atoms with E-state index in [4.69, 9.17) is 11.5 Å². The molecule has 0 saturated carbocycles. The van der Waals surface area contributed by atoms with Gasteiger partial charge in [-0.25, -0.2) is 0 Å². The third-order valence-corrected chi connectivity index (χ3v) is 3.41. The van der Waals surface area contributed by atoms with Crippen LogP contribution in [0.2, 0.25) is 0 Å². The summed E-state index contributed by atoms with van der Waals surface area (Å²) in [6, 6.07) is 1.80.